The van der Waals surface area contributed by atoms with Gasteiger partial charge in [-0.3, -0.25) is 4.79 Å². The fraction of sp³-hybridized carbons (Fsp3) is 0.263. The molecule has 3 rings (SSSR count). The van der Waals surface area contributed by atoms with Gasteiger partial charge in [-0.15, -0.1) is 11.3 Å². The highest BCUT2D eigenvalue weighted by molar-refractivity contribution is 8.02. The van der Waals surface area contributed by atoms with Gasteiger partial charge < -0.3 is 9.84 Å². The highest BCUT2D eigenvalue weighted by Gasteiger charge is 2.29. The highest BCUT2D eigenvalue weighted by atomic mass is 35.5. The van der Waals surface area contributed by atoms with E-state index >= 15 is 0 Å². The zero-order chi connectivity index (χ0) is 21.0. The normalized spacial score (nSPS) is 11.4. The van der Waals surface area contributed by atoms with Crippen LogP contribution in [0.25, 0.3) is 11.1 Å². The average molecular weight is 470 g/mol. The molecule has 29 heavy (non-hydrogen) atoms. The maximum Gasteiger partial charge on any atom is 0.319 e. The molecule has 0 atom stereocenters. The van der Waals surface area contributed by atoms with E-state index in [1.807, 2.05) is 11.4 Å². The first-order valence-corrected chi connectivity index (χ1v) is 11.0. The number of thiazole rings is 1. The first-order chi connectivity index (χ1) is 13.7. The summed E-state index contributed by atoms with van der Waals surface area (Å²) in [6, 6.07) is 5.59. The summed E-state index contributed by atoms with van der Waals surface area (Å²) in [4.78, 5) is 24.1. The van der Waals surface area contributed by atoms with Gasteiger partial charge in [0.2, 0.25) is 0 Å². The molecule has 3 aromatic rings. The number of hydrogen-bond donors (Lipinski definition) is 1. The van der Waals surface area contributed by atoms with E-state index in [0.29, 0.717) is 23.1 Å². The number of hydrogen-bond acceptors (Lipinski definition) is 7. The zero-order valence-electron chi connectivity index (χ0n) is 15.6. The van der Waals surface area contributed by atoms with Crippen LogP contribution in [0.3, 0.4) is 0 Å². The summed E-state index contributed by atoms with van der Waals surface area (Å²) in [6.45, 7) is 3.68. The van der Waals surface area contributed by atoms with E-state index in [9.17, 15) is 9.90 Å². The third-order valence-electron chi connectivity index (χ3n) is 3.86. The number of aromatic nitrogens is 3. The van der Waals surface area contributed by atoms with Crippen LogP contribution in [-0.2, 0) is 11.2 Å². The third kappa shape index (κ3) is 5.82. The Kier molecular flexibility index (Phi) is 7.00. The lowest BCUT2D eigenvalue weighted by atomic mass is 10.1. The number of carboxylic acid groups (broad SMARTS) is 1. The molecule has 0 amide bonds. The zero-order valence-corrected chi connectivity index (χ0v) is 18.7. The Morgan fingerprint density at radius 1 is 1.21 bits per heavy atom. The van der Waals surface area contributed by atoms with Gasteiger partial charge in [0.1, 0.15) is 4.75 Å². The number of carbonyl (C=O) groups is 1. The van der Waals surface area contributed by atoms with E-state index in [0.717, 1.165) is 21.2 Å². The molecule has 0 aliphatic heterocycles. The molecule has 0 unspecified atom stereocenters. The molecule has 0 aliphatic carbocycles. The number of carboxylic acids is 1. The van der Waals surface area contributed by atoms with Gasteiger partial charge >= 0.3 is 12.0 Å². The lowest BCUT2D eigenvalue weighted by Gasteiger charge is -2.15. The first kappa shape index (κ1) is 21.8. The standard InChI is InChI=1S/C19H17Cl2N3O3S2/c1-19(2,16(25)26)29-18-24-13(10-28-18)5-6-27-17-22-8-12(9-23-17)11-3-4-14(20)15(21)7-11/h3-4,7-10H,5-6H2,1-2H3,(H,25,26). The molecule has 2 heterocycles. The van der Waals surface area contributed by atoms with Crippen LogP contribution >= 0.6 is 46.3 Å². The molecule has 0 bridgehead atoms. The Morgan fingerprint density at radius 2 is 1.93 bits per heavy atom. The molecule has 0 spiro atoms. The Balaban J connectivity index is 1.53. The van der Waals surface area contributed by atoms with Gasteiger partial charge in [0.15, 0.2) is 4.34 Å². The molecule has 152 valence electrons. The summed E-state index contributed by atoms with van der Waals surface area (Å²) in [5.41, 5.74) is 2.51. The van der Waals surface area contributed by atoms with Crippen LogP contribution in [0.4, 0.5) is 0 Å². The second-order valence-corrected chi connectivity index (χ2v) is 10.0. The van der Waals surface area contributed by atoms with Crippen LogP contribution in [0.2, 0.25) is 10.0 Å². The second-order valence-electron chi connectivity index (χ2n) is 6.50. The van der Waals surface area contributed by atoms with Crippen molar-refractivity contribution in [3.63, 3.8) is 0 Å². The number of thioether (sulfide) groups is 1. The number of nitrogens with zero attached hydrogens (tertiary/aromatic N) is 3. The molecule has 0 aliphatic rings. The van der Waals surface area contributed by atoms with Crippen molar-refractivity contribution in [3.8, 4) is 17.1 Å². The predicted molar refractivity (Wildman–Crippen MR) is 116 cm³/mol. The minimum atomic E-state index is -0.921. The molecule has 1 N–H and O–H groups in total. The fourth-order valence-electron chi connectivity index (χ4n) is 2.17. The number of rotatable bonds is 8. The molecule has 0 saturated carbocycles. The molecular formula is C19H17Cl2N3O3S2. The van der Waals surface area contributed by atoms with Crippen LogP contribution in [-0.4, -0.2) is 37.4 Å². The lowest BCUT2D eigenvalue weighted by molar-refractivity contribution is -0.138. The summed E-state index contributed by atoms with van der Waals surface area (Å²) >= 11 is 14.6. The Labute approximate surface area is 186 Å². The fourth-order valence-corrected chi connectivity index (χ4v) is 4.70. The maximum atomic E-state index is 11.2. The smallest absolute Gasteiger partial charge is 0.319 e. The summed E-state index contributed by atoms with van der Waals surface area (Å²) in [7, 11) is 0. The van der Waals surface area contributed by atoms with Crippen molar-refractivity contribution in [1.82, 2.24) is 15.0 Å². The van der Waals surface area contributed by atoms with Crippen molar-refractivity contribution in [1.29, 1.82) is 0 Å². The van der Waals surface area contributed by atoms with Crippen molar-refractivity contribution < 1.29 is 14.6 Å². The van der Waals surface area contributed by atoms with Crippen molar-refractivity contribution in [2.75, 3.05) is 6.61 Å². The number of benzene rings is 1. The van der Waals surface area contributed by atoms with Gasteiger partial charge in [0, 0.05) is 29.8 Å². The monoisotopic (exact) mass is 469 g/mol. The van der Waals surface area contributed by atoms with Crippen molar-refractivity contribution >= 4 is 52.3 Å². The molecule has 1 aromatic carbocycles. The van der Waals surface area contributed by atoms with Crippen LogP contribution in [0.15, 0.2) is 40.3 Å². The van der Waals surface area contributed by atoms with Gasteiger partial charge in [0.25, 0.3) is 0 Å². The molecule has 2 aromatic heterocycles. The first-order valence-electron chi connectivity index (χ1n) is 8.52. The van der Waals surface area contributed by atoms with Crippen molar-refractivity contribution in [3.05, 3.63) is 51.7 Å². The van der Waals surface area contributed by atoms with E-state index in [1.165, 1.54) is 23.1 Å². The molecule has 0 radical (unpaired) electrons. The minimum absolute atomic E-state index is 0.269. The van der Waals surface area contributed by atoms with E-state index in [4.69, 9.17) is 27.9 Å². The molecule has 0 fully saturated rings. The Bertz CT molecular complexity index is 1010. The SMILES string of the molecule is CC(C)(Sc1nc(CCOc2ncc(-c3ccc(Cl)c(Cl)c3)cn2)cs1)C(=O)O. The summed E-state index contributed by atoms with van der Waals surface area (Å²) in [5, 5.41) is 12.1. The number of halogens is 2. The molecule has 6 nitrogen and oxygen atoms in total. The summed E-state index contributed by atoms with van der Waals surface area (Å²) in [6.07, 6.45) is 3.89. The van der Waals surface area contributed by atoms with Gasteiger partial charge in [-0.25, -0.2) is 15.0 Å². The summed E-state index contributed by atoms with van der Waals surface area (Å²) < 4.78 is 5.38. The Hall–Kier alpha value is -1.87. The average Bonchev–Trinajstić information content (AvgIpc) is 3.11. The molecular weight excluding hydrogens is 453 g/mol. The largest absolute Gasteiger partial charge is 0.480 e. The van der Waals surface area contributed by atoms with Gasteiger partial charge in [-0.05, 0) is 31.5 Å². The molecule has 0 saturated heterocycles. The van der Waals surface area contributed by atoms with Gasteiger partial charge in [-0.1, -0.05) is 41.0 Å². The van der Waals surface area contributed by atoms with E-state index in [1.54, 1.807) is 38.4 Å². The second kappa shape index (κ2) is 9.30. The van der Waals surface area contributed by atoms with Crippen LogP contribution < -0.4 is 4.74 Å². The number of ether oxygens (including phenoxy) is 1. The predicted octanol–water partition coefficient (Wildman–Crippen LogP) is 5.48. The van der Waals surface area contributed by atoms with E-state index in [-0.39, 0.29) is 6.01 Å². The summed E-state index contributed by atoms with van der Waals surface area (Å²) in [5.74, 6) is -0.871. The third-order valence-corrected chi connectivity index (χ3v) is 6.77. The van der Waals surface area contributed by atoms with E-state index in [2.05, 4.69) is 15.0 Å². The number of aliphatic carboxylic acids is 1. The van der Waals surface area contributed by atoms with E-state index < -0.39 is 10.7 Å². The van der Waals surface area contributed by atoms with Crippen LogP contribution in [0.1, 0.15) is 19.5 Å². The lowest BCUT2D eigenvalue weighted by Crippen LogP contribution is -2.26. The quantitative estimate of drug-likeness (QED) is 0.436. The van der Waals surface area contributed by atoms with Crippen LogP contribution in [0, 0.1) is 0 Å². The highest BCUT2D eigenvalue weighted by Crippen LogP contribution is 2.34. The molecule has 10 heteroatoms. The Morgan fingerprint density at radius 3 is 2.59 bits per heavy atom. The van der Waals surface area contributed by atoms with Crippen LogP contribution in [0.5, 0.6) is 6.01 Å². The van der Waals surface area contributed by atoms with Crippen molar-refractivity contribution in [2.24, 2.45) is 0 Å². The van der Waals surface area contributed by atoms with Gasteiger partial charge in [-0.2, -0.15) is 0 Å². The minimum Gasteiger partial charge on any atom is -0.480 e. The van der Waals surface area contributed by atoms with Crippen molar-refractivity contribution in [2.45, 2.75) is 29.4 Å². The maximum absolute atomic E-state index is 11.2. The van der Waals surface area contributed by atoms with Gasteiger partial charge in [0.05, 0.1) is 22.3 Å². The topological polar surface area (TPSA) is 85.2 Å².